The van der Waals surface area contributed by atoms with E-state index in [1.165, 1.54) is 22.9 Å². The lowest BCUT2D eigenvalue weighted by atomic mass is 10.2. The van der Waals surface area contributed by atoms with Gasteiger partial charge in [-0.15, -0.1) is 0 Å². The van der Waals surface area contributed by atoms with Gasteiger partial charge in [-0.2, -0.15) is 5.10 Å². The molecule has 2 aromatic rings. The molecule has 1 aromatic heterocycles. The highest BCUT2D eigenvalue weighted by atomic mass is 127. The van der Waals surface area contributed by atoms with Crippen LogP contribution in [0.4, 0.5) is 8.78 Å². The second kappa shape index (κ2) is 4.79. The lowest BCUT2D eigenvalue weighted by molar-refractivity contribution is 0.532. The van der Waals surface area contributed by atoms with E-state index in [9.17, 15) is 8.78 Å². The van der Waals surface area contributed by atoms with Crippen LogP contribution < -0.4 is 0 Å². The summed E-state index contributed by atoms with van der Waals surface area (Å²) in [5.41, 5.74) is 0.0221. The molecule has 84 valence electrons. The van der Waals surface area contributed by atoms with Crippen molar-refractivity contribution in [2.45, 2.75) is 6.54 Å². The van der Waals surface area contributed by atoms with Gasteiger partial charge < -0.3 is 0 Å². The maximum Gasteiger partial charge on any atom is 0.137 e. The summed E-state index contributed by atoms with van der Waals surface area (Å²) in [6, 6.07) is 3.82. The van der Waals surface area contributed by atoms with Crippen molar-refractivity contribution in [2.75, 3.05) is 0 Å². The lowest BCUT2D eigenvalue weighted by Crippen LogP contribution is -2.05. The third-order valence-electron chi connectivity index (χ3n) is 2.06. The summed E-state index contributed by atoms with van der Waals surface area (Å²) in [7, 11) is 0. The van der Waals surface area contributed by atoms with Crippen molar-refractivity contribution in [1.29, 1.82) is 0 Å². The number of halogens is 4. The van der Waals surface area contributed by atoms with Crippen LogP contribution in [-0.4, -0.2) is 9.78 Å². The molecule has 0 fully saturated rings. The van der Waals surface area contributed by atoms with Gasteiger partial charge in [0.05, 0.1) is 11.0 Å². The standard InChI is InChI=1S/C10H6BrF2IN2/c11-7-5-16(15-10(7)14)4-6-8(12)2-1-3-9(6)13/h1-3,5H,4H2. The van der Waals surface area contributed by atoms with Crippen molar-refractivity contribution >= 4 is 38.5 Å². The molecule has 2 rings (SSSR count). The Hall–Kier alpha value is -0.500. The number of hydrogen-bond donors (Lipinski definition) is 0. The Bertz CT molecular complexity index is 488. The van der Waals surface area contributed by atoms with E-state index >= 15 is 0 Å². The lowest BCUT2D eigenvalue weighted by Gasteiger charge is -2.04. The highest BCUT2D eigenvalue weighted by molar-refractivity contribution is 14.1. The molecule has 2 nitrogen and oxygen atoms in total. The van der Waals surface area contributed by atoms with Crippen LogP contribution in [0.15, 0.2) is 28.9 Å². The predicted octanol–water partition coefficient (Wildman–Crippen LogP) is 3.58. The molecule has 0 saturated heterocycles. The van der Waals surface area contributed by atoms with Gasteiger partial charge in [0.1, 0.15) is 15.3 Å². The molecule has 1 aromatic carbocycles. The normalized spacial score (nSPS) is 10.8. The minimum absolute atomic E-state index is 0.0221. The van der Waals surface area contributed by atoms with Crippen molar-refractivity contribution in [2.24, 2.45) is 0 Å². The molecule has 6 heteroatoms. The van der Waals surface area contributed by atoms with Gasteiger partial charge in [-0.1, -0.05) is 6.07 Å². The van der Waals surface area contributed by atoms with E-state index in [2.05, 4.69) is 21.0 Å². The fraction of sp³-hybridized carbons (Fsp3) is 0.100. The Morgan fingerprint density at radius 2 is 1.94 bits per heavy atom. The number of aromatic nitrogens is 2. The van der Waals surface area contributed by atoms with Crippen molar-refractivity contribution in [3.63, 3.8) is 0 Å². The number of nitrogens with zero attached hydrogens (tertiary/aromatic N) is 2. The van der Waals surface area contributed by atoms with Crippen molar-refractivity contribution in [3.8, 4) is 0 Å². The van der Waals surface area contributed by atoms with Crippen molar-refractivity contribution in [1.82, 2.24) is 9.78 Å². The minimum Gasteiger partial charge on any atom is -0.266 e. The molecule has 0 aliphatic heterocycles. The van der Waals surface area contributed by atoms with Crippen molar-refractivity contribution < 1.29 is 8.78 Å². The molecule has 0 bridgehead atoms. The summed E-state index contributed by atoms with van der Waals surface area (Å²) in [6.07, 6.45) is 1.69. The first kappa shape index (κ1) is 12.0. The molecule has 16 heavy (non-hydrogen) atoms. The molecule has 0 aliphatic rings. The van der Waals surface area contributed by atoms with E-state index in [0.29, 0.717) is 0 Å². The van der Waals surface area contributed by atoms with Crippen LogP contribution in [0.5, 0.6) is 0 Å². The maximum atomic E-state index is 13.3. The topological polar surface area (TPSA) is 17.8 Å². The summed E-state index contributed by atoms with van der Waals surface area (Å²) in [5, 5.41) is 4.11. The van der Waals surface area contributed by atoms with Crippen LogP contribution in [0.2, 0.25) is 0 Å². The second-order valence-electron chi connectivity index (χ2n) is 3.17. The largest absolute Gasteiger partial charge is 0.266 e. The molecule has 0 unspecified atom stereocenters. The molecule has 0 radical (unpaired) electrons. The average molecular weight is 399 g/mol. The highest BCUT2D eigenvalue weighted by Crippen LogP contribution is 2.19. The van der Waals surface area contributed by atoms with Gasteiger partial charge in [0.25, 0.3) is 0 Å². The summed E-state index contributed by atoms with van der Waals surface area (Å²) in [5.74, 6) is -1.11. The monoisotopic (exact) mass is 398 g/mol. The van der Waals surface area contributed by atoms with Gasteiger partial charge >= 0.3 is 0 Å². The zero-order chi connectivity index (χ0) is 11.7. The molecule has 0 amide bonds. The second-order valence-corrected chi connectivity index (χ2v) is 5.04. The third-order valence-corrected chi connectivity index (χ3v) is 4.18. The molecule has 1 heterocycles. The number of benzene rings is 1. The van der Waals surface area contributed by atoms with E-state index in [4.69, 9.17) is 0 Å². The molecule has 0 N–H and O–H groups in total. The van der Waals surface area contributed by atoms with Crippen LogP contribution >= 0.6 is 38.5 Å². The van der Waals surface area contributed by atoms with E-state index in [1.54, 1.807) is 6.20 Å². The van der Waals surface area contributed by atoms with Crippen LogP contribution in [-0.2, 0) is 6.54 Å². The van der Waals surface area contributed by atoms with E-state index in [1.807, 2.05) is 22.6 Å². The fourth-order valence-corrected chi connectivity index (χ4v) is 2.03. The first-order valence-corrected chi connectivity index (χ1v) is 6.26. The van der Waals surface area contributed by atoms with Gasteiger partial charge in [-0.05, 0) is 50.7 Å². The van der Waals surface area contributed by atoms with Gasteiger partial charge in [0.15, 0.2) is 0 Å². The quantitative estimate of drug-likeness (QED) is 0.707. The zero-order valence-electron chi connectivity index (χ0n) is 7.92. The molecule has 0 aliphatic carbocycles. The molecular formula is C10H6BrF2IN2. The van der Waals surface area contributed by atoms with Gasteiger partial charge in [-0.25, -0.2) is 8.78 Å². The Morgan fingerprint density at radius 1 is 1.31 bits per heavy atom. The van der Waals surface area contributed by atoms with Gasteiger partial charge in [0.2, 0.25) is 0 Å². The Balaban J connectivity index is 2.33. The Morgan fingerprint density at radius 3 is 2.44 bits per heavy atom. The maximum absolute atomic E-state index is 13.3. The van der Waals surface area contributed by atoms with Gasteiger partial charge in [-0.3, -0.25) is 4.68 Å². The van der Waals surface area contributed by atoms with Crippen LogP contribution in [0.3, 0.4) is 0 Å². The highest BCUT2D eigenvalue weighted by Gasteiger charge is 2.10. The van der Waals surface area contributed by atoms with Crippen LogP contribution in [0, 0.1) is 15.3 Å². The van der Waals surface area contributed by atoms with E-state index < -0.39 is 11.6 Å². The molecule has 0 saturated carbocycles. The predicted molar refractivity (Wildman–Crippen MR) is 68.1 cm³/mol. The molecule has 0 spiro atoms. The Labute approximate surface area is 113 Å². The molecule has 0 atom stereocenters. The van der Waals surface area contributed by atoms with E-state index in [-0.39, 0.29) is 12.1 Å². The van der Waals surface area contributed by atoms with Gasteiger partial charge in [0, 0.05) is 11.8 Å². The molecular weight excluding hydrogens is 393 g/mol. The van der Waals surface area contributed by atoms with Crippen LogP contribution in [0.25, 0.3) is 0 Å². The average Bonchev–Trinajstić information content (AvgIpc) is 2.53. The van der Waals surface area contributed by atoms with E-state index in [0.717, 1.165) is 8.17 Å². The van der Waals surface area contributed by atoms with Crippen molar-refractivity contribution in [3.05, 3.63) is 49.8 Å². The summed E-state index contributed by atoms with van der Waals surface area (Å²) in [4.78, 5) is 0. The number of rotatable bonds is 2. The number of hydrogen-bond acceptors (Lipinski definition) is 1. The SMILES string of the molecule is Fc1cccc(F)c1Cn1cc(Br)c(I)n1. The summed E-state index contributed by atoms with van der Waals surface area (Å²) >= 11 is 5.33. The fourth-order valence-electron chi connectivity index (χ4n) is 1.30. The zero-order valence-corrected chi connectivity index (χ0v) is 11.7. The van der Waals surface area contributed by atoms with Crippen LogP contribution in [0.1, 0.15) is 5.56 Å². The smallest absolute Gasteiger partial charge is 0.137 e. The summed E-state index contributed by atoms with van der Waals surface area (Å²) < 4.78 is 29.8. The summed E-state index contributed by atoms with van der Waals surface area (Å²) in [6.45, 7) is 0.0834. The third kappa shape index (κ3) is 2.42. The Kier molecular flexibility index (Phi) is 3.58. The first-order chi connectivity index (χ1) is 7.58. The minimum atomic E-state index is -0.554. The first-order valence-electron chi connectivity index (χ1n) is 4.39.